The number of carbonyl (C=O) groups is 1. The Morgan fingerprint density at radius 2 is 2.00 bits per heavy atom. The summed E-state index contributed by atoms with van der Waals surface area (Å²) in [5.41, 5.74) is 0.639. The van der Waals surface area contributed by atoms with Gasteiger partial charge in [-0.15, -0.1) is 0 Å². The number of rotatable bonds is 7. The van der Waals surface area contributed by atoms with E-state index in [9.17, 15) is 4.79 Å². The number of amides is 1. The highest BCUT2D eigenvalue weighted by atomic mass is 16.5. The minimum Gasteiger partial charge on any atom is -0.497 e. The largest absolute Gasteiger partial charge is 0.497 e. The first-order valence-corrected chi connectivity index (χ1v) is 7.90. The molecule has 0 aromatic heterocycles. The maximum absolute atomic E-state index is 12.2. The van der Waals surface area contributed by atoms with Crippen LogP contribution >= 0.6 is 0 Å². The van der Waals surface area contributed by atoms with Crippen molar-refractivity contribution in [2.24, 2.45) is 0 Å². The molecular formula is C17H26N2O3. The van der Waals surface area contributed by atoms with Crippen molar-refractivity contribution in [3.05, 3.63) is 18.2 Å². The Hall–Kier alpha value is -1.75. The van der Waals surface area contributed by atoms with E-state index in [2.05, 4.69) is 17.6 Å². The standard InChI is InChI=1S/C17H26N2O3/c1-12(18-13-6-4-5-7-13)10-17(20)19-15-11-14(21-2)8-9-16(15)22-3/h8-9,11-13,18H,4-7,10H2,1-3H3,(H,19,20). The van der Waals surface area contributed by atoms with Gasteiger partial charge < -0.3 is 20.1 Å². The van der Waals surface area contributed by atoms with E-state index in [1.54, 1.807) is 32.4 Å². The molecule has 1 aliphatic carbocycles. The Bertz CT molecular complexity index is 499. The van der Waals surface area contributed by atoms with Crippen molar-refractivity contribution < 1.29 is 14.3 Å². The zero-order valence-electron chi connectivity index (χ0n) is 13.6. The summed E-state index contributed by atoms with van der Waals surface area (Å²) in [6.07, 6.45) is 5.46. The van der Waals surface area contributed by atoms with Gasteiger partial charge in [-0.2, -0.15) is 0 Å². The summed E-state index contributed by atoms with van der Waals surface area (Å²) < 4.78 is 10.5. The lowest BCUT2D eigenvalue weighted by atomic mass is 10.1. The number of carbonyl (C=O) groups excluding carboxylic acids is 1. The van der Waals surface area contributed by atoms with E-state index in [4.69, 9.17) is 9.47 Å². The first-order chi connectivity index (χ1) is 10.6. The van der Waals surface area contributed by atoms with Gasteiger partial charge in [0.05, 0.1) is 19.9 Å². The molecule has 1 fully saturated rings. The normalized spacial score (nSPS) is 16.3. The minimum absolute atomic E-state index is 0.0236. The molecule has 0 spiro atoms. The van der Waals surface area contributed by atoms with Crippen LogP contribution < -0.4 is 20.1 Å². The topological polar surface area (TPSA) is 59.6 Å². The van der Waals surface area contributed by atoms with Crippen LogP contribution in [0.15, 0.2) is 18.2 Å². The van der Waals surface area contributed by atoms with Crippen molar-refractivity contribution >= 4 is 11.6 Å². The van der Waals surface area contributed by atoms with Crippen LogP contribution in [0.25, 0.3) is 0 Å². The van der Waals surface area contributed by atoms with E-state index in [0.29, 0.717) is 29.6 Å². The molecule has 2 rings (SSSR count). The molecular weight excluding hydrogens is 280 g/mol. The van der Waals surface area contributed by atoms with Gasteiger partial charge in [-0.1, -0.05) is 12.8 Å². The average molecular weight is 306 g/mol. The second kappa shape index (κ2) is 8.03. The van der Waals surface area contributed by atoms with E-state index >= 15 is 0 Å². The fourth-order valence-corrected chi connectivity index (χ4v) is 2.94. The van der Waals surface area contributed by atoms with E-state index in [1.807, 2.05) is 0 Å². The molecule has 1 atom stereocenters. The Balaban J connectivity index is 1.90. The van der Waals surface area contributed by atoms with Gasteiger partial charge >= 0.3 is 0 Å². The molecule has 1 aliphatic rings. The van der Waals surface area contributed by atoms with Crippen molar-refractivity contribution in [3.8, 4) is 11.5 Å². The summed E-state index contributed by atoms with van der Waals surface area (Å²) in [4.78, 5) is 12.2. The van der Waals surface area contributed by atoms with E-state index in [1.165, 1.54) is 25.7 Å². The highest BCUT2D eigenvalue weighted by molar-refractivity contribution is 5.92. The van der Waals surface area contributed by atoms with Crippen LogP contribution in [-0.2, 0) is 4.79 Å². The molecule has 22 heavy (non-hydrogen) atoms. The lowest BCUT2D eigenvalue weighted by Gasteiger charge is -2.19. The summed E-state index contributed by atoms with van der Waals surface area (Å²) in [6.45, 7) is 2.06. The third-order valence-corrected chi connectivity index (χ3v) is 4.05. The molecule has 0 bridgehead atoms. The number of anilines is 1. The lowest BCUT2D eigenvalue weighted by Crippen LogP contribution is -2.37. The highest BCUT2D eigenvalue weighted by Crippen LogP contribution is 2.29. The van der Waals surface area contributed by atoms with E-state index < -0.39 is 0 Å². The van der Waals surface area contributed by atoms with Gasteiger partial charge in [0.15, 0.2) is 0 Å². The predicted octanol–water partition coefficient (Wildman–Crippen LogP) is 2.95. The quantitative estimate of drug-likeness (QED) is 0.813. The second-order valence-electron chi connectivity index (χ2n) is 5.87. The Kier molecular flexibility index (Phi) is 6.07. The number of methoxy groups -OCH3 is 2. The molecule has 1 aromatic rings. The molecule has 2 N–H and O–H groups in total. The maximum Gasteiger partial charge on any atom is 0.226 e. The molecule has 0 radical (unpaired) electrons. The molecule has 5 nitrogen and oxygen atoms in total. The van der Waals surface area contributed by atoms with Crippen LogP contribution in [0, 0.1) is 0 Å². The molecule has 0 heterocycles. The summed E-state index contributed by atoms with van der Waals surface area (Å²) in [5.74, 6) is 1.29. The molecule has 0 aliphatic heterocycles. The van der Waals surface area contributed by atoms with Crippen molar-refractivity contribution in [3.63, 3.8) is 0 Å². The van der Waals surface area contributed by atoms with Crippen LogP contribution in [0.4, 0.5) is 5.69 Å². The summed E-state index contributed by atoms with van der Waals surface area (Å²) in [6, 6.07) is 6.09. The Morgan fingerprint density at radius 3 is 2.64 bits per heavy atom. The van der Waals surface area contributed by atoms with Gasteiger partial charge in [-0.05, 0) is 31.9 Å². The number of ether oxygens (including phenoxy) is 2. The average Bonchev–Trinajstić information content (AvgIpc) is 2.99. The zero-order chi connectivity index (χ0) is 15.9. The molecule has 1 aromatic carbocycles. The van der Waals surface area contributed by atoms with Crippen LogP contribution in [0.2, 0.25) is 0 Å². The SMILES string of the molecule is COc1ccc(OC)c(NC(=O)CC(C)NC2CCCC2)c1. The van der Waals surface area contributed by atoms with Gasteiger partial charge in [-0.25, -0.2) is 0 Å². The van der Waals surface area contributed by atoms with Crippen molar-refractivity contribution in [1.29, 1.82) is 0 Å². The number of benzene rings is 1. The monoisotopic (exact) mass is 306 g/mol. The summed E-state index contributed by atoms with van der Waals surface area (Å²) >= 11 is 0. The van der Waals surface area contributed by atoms with Crippen LogP contribution in [0.1, 0.15) is 39.0 Å². The van der Waals surface area contributed by atoms with Gasteiger partial charge in [0.2, 0.25) is 5.91 Å². The Labute approximate surface area is 132 Å². The smallest absolute Gasteiger partial charge is 0.226 e. The molecule has 1 amide bonds. The van der Waals surface area contributed by atoms with Gasteiger partial charge in [0.25, 0.3) is 0 Å². The van der Waals surface area contributed by atoms with Gasteiger partial charge in [0, 0.05) is 24.6 Å². The van der Waals surface area contributed by atoms with E-state index in [-0.39, 0.29) is 11.9 Å². The molecule has 5 heteroatoms. The van der Waals surface area contributed by atoms with Crippen molar-refractivity contribution in [1.82, 2.24) is 5.32 Å². The highest BCUT2D eigenvalue weighted by Gasteiger charge is 2.19. The first kappa shape index (κ1) is 16.6. The van der Waals surface area contributed by atoms with E-state index in [0.717, 1.165) is 0 Å². The van der Waals surface area contributed by atoms with Crippen LogP contribution in [0.5, 0.6) is 11.5 Å². The number of nitrogens with one attached hydrogen (secondary N) is 2. The van der Waals surface area contributed by atoms with Crippen LogP contribution in [0.3, 0.4) is 0 Å². The minimum atomic E-state index is -0.0236. The number of hydrogen-bond donors (Lipinski definition) is 2. The fourth-order valence-electron chi connectivity index (χ4n) is 2.94. The molecule has 1 saturated carbocycles. The lowest BCUT2D eigenvalue weighted by molar-refractivity contribution is -0.116. The van der Waals surface area contributed by atoms with Crippen molar-refractivity contribution in [2.45, 2.75) is 51.1 Å². The Morgan fingerprint density at radius 1 is 1.27 bits per heavy atom. The second-order valence-corrected chi connectivity index (χ2v) is 5.87. The van der Waals surface area contributed by atoms with Gasteiger partial charge in [0.1, 0.15) is 11.5 Å². The number of hydrogen-bond acceptors (Lipinski definition) is 4. The third-order valence-electron chi connectivity index (χ3n) is 4.05. The summed E-state index contributed by atoms with van der Waals surface area (Å²) in [7, 11) is 3.18. The summed E-state index contributed by atoms with van der Waals surface area (Å²) in [5, 5.41) is 6.44. The molecule has 0 saturated heterocycles. The maximum atomic E-state index is 12.2. The predicted molar refractivity (Wildman–Crippen MR) is 87.6 cm³/mol. The van der Waals surface area contributed by atoms with Crippen molar-refractivity contribution in [2.75, 3.05) is 19.5 Å². The first-order valence-electron chi connectivity index (χ1n) is 7.90. The zero-order valence-corrected chi connectivity index (χ0v) is 13.6. The fraction of sp³-hybridized carbons (Fsp3) is 0.588. The van der Waals surface area contributed by atoms with Gasteiger partial charge in [-0.3, -0.25) is 4.79 Å². The molecule has 122 valence electrons. The van der Waals surface area contributed by atoms with Crippen LogP contribution in [-0.4, -0.2) is 32.2 Å². The third kappa shape index (κ3) is 4.63. The molecule has 1 unspecified atom stereocenters.